The molecule has 1 fully saturated rings. The number of benzene rings is 3. The van der Waals surface area contributed by atoms with Crippen LogP contribution in [0.5, 0.6) is 11.5 Å². The average molecular weight is 416 g/mol. The number of carbonyl (C=O) groups excluding carboxylic acids is 2. The quantitative estimate of drug-likeness (QED) is 0.609. The van der Waals surface area contributed by atoms with E-state index in [1.54, 1.807) is 36.3 Å². The molecule has 0 aliphatic carbocycles. The Bertz CT molecular complexity index is 1080. The van der Waals surface area contributed by atoms with Gasteiger partial charge in [0.05, 0.1) is 18.5 Å². The summed E-state index contributed by atoms with van der Waals surface area (Å²) in [4.78, 5) is 26.8. The lowest BCUT2D eigenvalue weighted by molar-refractivity contribution is -0.117. The van der Waals surface area contributed by atoms with Crippen LogP contribution in [0.25, 0.3) is 0 Å². The van der Waals surface area contributed by atoms with Gasteiger partial charge >= 0.3 is 0 Å². The van der Waals surface area contributed by atoms with E-state index in [0.717, 1.165) is 12.0 Å². The summed E-state index contributed by atoms with van der Waals surface area (Å²) in [6.45, 7) is 1.06. The van der Waals surface area contributed by atoms with Crippen molar-refractivity contribution in [1.82, 2.24) is 0 Å². The van der Waals surface area contributed by atoms with Crippen LogP contribution in [0.3, 0.4) is 0 Å². The fourth-order valence-corrected chi connectivity index (χ4v) is 3.58. The van der Waals surface area contributed by atoms with E-state index in [1.807, 2.05) is 48.5 Å². The minimum absolute atomic E-state index is 0.0725. The van der Waals surface area contributed by atoms with Gasteiger partial charge in [-0.05, 0) is 42.3 Å². The van der Waals surface area contributed by atoms with E-state index in [9.17, 15) is 9.59 Å². The van der Waals surface area contributed by atoms with Crippen LogP contribution >= 0.6 is 0 Å². The standard InChI is InChI=1S/C25H24N2O4/c1-30-23-16-19(13-14-22(23)31-17-18-8-3-2-4-9-18)25(29)26-20-10-5-6-11-21(20)27-15-7-12-24(27)28/h2-6,8-11,13-14,16H,7,12,15,17H2,1H3,(H,26,29). The van der Waals surface area contributed by atoms with Gasteiger partial charge in [0.25, 0.3) is 5.91 Å². The van der Waals surface area contributed by atoms with Gasteiger partial charge in [-0.25, -0.2) is 0 Å². The third kappa shape index (κ3) is 4.69. The predicted octanol–water partition coefficient (Wildman–Crippen LogP) is 4.65. The van der Waals surface area contributed by atoms with Crippen molar-refractivity contribution in [3.63, 3.8) is 0 Å². The molecule has 4 rings (SSSR count). The lowest BCUT2D eigenvalue weighted by atomic mass is 10.1. The number of ether oxygens (including phenoxy) is 2. The van der Waals surface area contributed by atoms with Gasteiger partial charge in [0.1, 0.15) is 6.61 Å². The number of hydrogen-bond acceptors (Lipinski definition) is 4. The van der Waals surface area contributed by atoms with E-state index >= 15 is 0 Å². The summed E-state index contributed by atoms with van der Waals surface area (Å²) in [7, 11) is 1.54. The Hall–Kier alpha value is -3.80. The summed E-state index contributed by atoms with van der Waals surface area (Å²) >= 11 is 0. The highest BCUT2D eigenvalue weighted by Crippen LogP contribution is 2.32. The van der Waals surface area contributed by atoms with Crippen LogP contribution in [-0.4, -0.2) is 25.5 Å². The molecule has 6 heteroatoms. The maximum absolute atomic E-state index is 12.9. The van der Waals surface area contributed by atoms with Crippen LogP contribution in [0.15, 0.2) is 72.8 Å². The van der Waals surface area contributed by atoms with Crippen molar-refractivity contribution >= 4 is 23.2 Å². The first-order valence-electron chi connectivity index (χ1n) is 10.2. The van der Waals surface area contributed by atoms with Gasteiger partial charge in [-0.2, -0.15) is 0 Å². The highest BCUT2D eigenvalue weighted by Gasteiger charge is 2.24. The van der Waals surface area contributed by atoms with Crippen molar-refractivity contribution in [2.24, 2.45) is 0 Å². The summed E-state index contributed by atoms with van der Waals surface area (Å²) in [6.07, 6.45) is 1.35. The predicted molar refractivity (Wildman–Crippen MR) is 120 cm³/mol. The number of anilines is 2. The first kappa shape index (κ1) is 20.5. The van der Waals surface area contributed by atoms with Crippen molar-refractivity contribution in [3.8, 4) is 11.5 Å². The van der Waals surface area contributed by atoms with E-state index in [-0.39, 0.29) is 11.8 Å². The average Bonchev–Trinajstić information content (AvgIpc) is 3.24. The van der Waals surface area contributed by atoms with Crippen LogP contribution in [0.1, 0.15) is 28.8 Å². The molecule has 31 heavy (non-hydrogen) atoms. The molecular formula is C25H24N2O4. The maximum Gasteiger partial charge on any atom is 0.255 e. The summed E-state index contributed by atoms with van der Waals surface area (Å²) in [5, 5.41) is 2.92. The lowest BCUT2D eigenvalue weighted by Crippen LogP contribution is -2.25. The number of carbonyl (C=O) groups is 2. The van der Waals surface area contributed by atoms with Crippen LogP contribution in [-0.2, 0) is 11.4 Å². The first-order valence-corrected chi connectivity index (χ1v) is 10.2. The molecule has 1 heterocycles. The van der Waals surface area contributed by atoms with E-state index in [0.29, 0.717) is 48.0 Å². The van der Waals surface area contributed by atoms with Crippen LogP contribution in [0.4, 0.5) is 11.4 Å². The molecule has 3 aromatic carbocycles. The Balaban J connectivity index is 1.50. The zero-order valence-electron chi connectivity index (χ0n) is 17.3. The molecular weight excluding hydrogens is 392 g/mol. The summed E-state index contributed by atoms with van der Waals surface area (Å²) in [6, 6.07) is 22.2. The molecule has 1 aliphatic rings. The number of methoxy groups -OCH3 is 1. The number of para-hydroxylation sites is 2. The van der Waals surface area contributed by atoms with E-state index in [4.69, 9.17) is 9.47 Å². The largest absolute Gasteiger partial charge is 0.493 e. The molecule has 0 bridgehead atoms. The molecule has 0 aromatic heterocycles. The fourth-order valence-electron chi connectivity index (χ4n) is 3.58. The highest BCUT2D eigenvalue weighted by molar-refractivity contribution is 6.08. The van der Waals surface area contributed by atoms with Crippen LogP contribution in [0.2, 0.25) is 0 Å². The van der Waals surface area contributed by atoms with Gasteiger partial charge in [0, 0.05) is 18.5 Å². The van der Waals surface area contributed by atoms with Gasteiger partial charge in [0.15, 0.2) is 11.5 Å². The first-order chi connectivity index (χ1) is 15.2. The molecule has 0 saturated carbocycles. The van der Waals surface area contributed by atoms with Crippen molar-refractivity contribution in [3.05, 3.63) is 83.9 Å². The van der Waals surface area contributed by atoms with Gasteiger partial charge < -0.3 is 19.7 Å². The minimum Gasteiger partial charge on any atom is -0.493 e. The zero-order valence-corrected chi connectivity index (χ0v) is 17.3. The van der Waals surface area contributed by atoms with Gasteiger partial charge in [-0.3, -0.25) is 9.59 Å². The number of amides is 2. The van der Waals surface area contributed by atoms with Crippen LogP contribution in [0, 0.1) is 0 Å². The normalized spacial score (nSPS) is 13.2. The molecule has 1 aliphatic heterocycles. The second kappa shape index (κ2) is 9.34. The van der Waals surface area contributed by atoms with Gasteiger partial charge in [-0.15, -0.1) is 0 Å². The number of nitrogens with zero attached hydrogens (tertiary/aromatic N) is 1. The molecule has 6 nitrogen and oxygen atoms in total. The topological polar surface area (TPSA) is 67.9 Å². The van der Waals surface area contributed by atoms with Gasteiger partial charge in [-0.1, -0.05) is 42.5 Å². The second-order valence-electron chi connectivity index (χ2n) is 7.26. The third-order valence-electron chi connectivity index (χ3n) is 5.18. The Kier molecular flexibility index (Phi) is 6.17. The minimum atomic E-state index is -0.285. The molecule has 158 valence electrons. The molecule has 2 amide bonds. The Labute approximate surface area is 181 Å². The third-order valence-corrected chi connectivity index (χ3v) is 5.18. The van der Waals surface area contributed by atoms with Crippen molar-refractivity contribution < 1.29 is 19.1 Å². The highest BCUT2D eigenvalue weighted by atomic mass is 16.5. The Morgan fingerprint density at radius 1 is 1.00 bits per heavy atom. The molecule has 0 atom stereocenters. The molecule has 3 aromatic rings. The van der Waals surface area contributed by atoms with Crippen molar-refractivity contribution in [2.45, 2.75) is 19.4 Å². The monoisotopic (exact) mass is 416 g/mol. The molecule has 0 radical (unpaired) electrons. The second-order valence-corrected chi connectivity index (χ2v) is 7.26. The van der Waals surface area contributed by atoms with Crippen molar-refractivity contribution in [2.75, 3.05) is 23.9 Å². The lowest BCUT2D eigenvalue weighted by Gasteiger charge is -2.20. The number of nitrogens with one attached hydrogen (secondary N) is 1. The number of rotatable bonds is 7. The number of hydrogen-bond donors (Lipinski definition) is 1. The molecule has 1 N–H and O–H groups in total. The Morgan fingerprint density at radius 3 is 2.52 bits per heavy atom. The molecule has 0 unspecified atom stereocenters. The van der Waals surface area contributed by atoms with E-state index in [1.165, 1.54) is 0 Å². The summed E-state index contributed by atoms with van der Waals surface area (Å²) in [5.41, 5.74) is 2.80. The smallest absolute Gasteiger partial charge is 0.255 e. The molecule has 0 spiro atoms. The van der Waals surface area contributed by atoms with Gasteiger partial charge in [0.2, 0.25) is 5.91 Å². The maximum atomic E-state index is 12.9. The van der Waals surface area contributed by atoms with E-state index < -0.39 is 0 Å². The SMILES string of the molecule is COc1cc(C(=O)Nc2ccccc2N2CCCC2=O)ccc1OCc1ccccc1. The Morgan fingerprint density at radius 2 is 1.77 bits per heavy atom. The molecule has 1 saturated heterocycles. The van der Waals surface area contributed by atoms with E-state index in [2.05, 4.69) is 5.32 Å². The fraction of sp³-hybridized carbons (Fsp3) is 0.200. The summed E-state index contributed by atoms with van der Waals surface area (Å²) < 4.78 is 11.3. The summed E-state index contributed by atoms with van der Waals surface area (Å²) in [5.74, 6) is 0.827. The van der Waals surface area contributed by atoms with Crippen molar-refractivity contribution in [1.29, 1.82) is 0 Å². The van der Waals surface area contributed by atoms with Crippen LogP contribution < -0.4 is 19.7 Å². The zero-order chi connectivity index (χ0) is 21.6.